The molecule has 0 atom stereocenters. The van der Waals surface area contributed by atoms with Crippen molar-refractivity contribution < 1.29 is 14.2 Å². The summed E-state index contributed by atoms with van der Waals surface area (Å²) in [5.74, 6) is 1.34. The van der Waals surface area contributed by atoms with Crippen molar-refractivity contribution in [1.29, 1.82) is 0 Å². The minimum Gasteiger partial charge on any atom is -0.494 e. The minimum absolute atomic E-state index is 0.123. The Bertz CT molecular complexity index is 902. The Labute approximate surface area is 163 Å². The molecule has 140 valence electrons. The first-order valence-electron chi connectivity index (χ1n) is 8.98. The van der Waals surface area contributed by atoms with E-state index < -0.39 is 0 Å². The molecule has 1 aliphatic heterocycles. The molecular weight excluding hydrogens is 364 g/mol. The lowest BCUT2D eigenvalue weighted by Crippen LogP contribution is -2.26. The predicted molar refractivity (Wildman–Crippen MR) is 105 cm³/mol. The van der Waals surface area contributed by atoms with Gasteiger partial charge >= 0.3 is 0 Å². The third-order valence-electron chi connectivity index (χ3n) is 4.60. The SMILES string of the molecule is COc1ccccc1-n1nc(OC2CCOCC2)cc1-c1ccc(Cl)cc1. The van der Waals surface area contributed by atoms with Crippen molar-refractivity contribution in [3.05, 3.63) is 59.6 Å². The van der Waals surface area contributed by atoms with E-state index >= 15 is 0 Å². The number of hydrogen-bond acceptors (Lipinski definition) is 4. The summed E-state index contributed by atoms with van der Waals surface area (Å²) in [6.45, 7) is 1.45. The van der Waals surface area contributed by atoms with Crippen LogP contribution >= 0.6 is 11.6 Å². The van der Waals surface area contributed by atoms with Crippen LogP contribution < -0.4 is 9.47 Å². The van der Waals surface area contributed by atoms with E-state index in [2.05, 4.69) is 0 Å². The summed E-state index contributed by atoms with van der Waals surface area (Å²) in [6, 6.07) is 17.4. The molecule has 3 aromatic rings. The Hall–Kier alpha value is -2.50. The van der Waals surface area contributed by atoms with Gasteiger partial charge in [0, 0.05) is 29.5 Å². The molecule has 1 fully saturated rings. The largest absolute Gasteiger partial charge is 0.494 e. The molecule has 0 radical (unpaired) electrons. The van der Waals surface area contributed by atoms with Crippen molar-refractivity contribution in [3.63, 3.8) is 0 Å². The molecule has 0 unspecified atom stereocenters. The Kier molecular flexibility index (Phi) is 5.32. The van der Waals surface area contributed by atoms with Gasteiger partial charge in [-0.2, -0.15) is 0 Å². The average molecular weight is 385 g/mol. The summed E-state index contributed by atoms with van der Waals surface area (Å²) in [4.78, 5) is 0. The zero-order valence-corrected chi connectivity index (χ0v) is 15.9. The summed E-state index contributed by atoms with van der Waals surface area (Å²) in [5.41, 5.74) is 2.77. The predicted octanol–water partition coefficient (Wildman–Crippen LogP) is 4.76. The van der Waals surface area contributed by atoms with E-state index in [1.165, 1.54) is 0 Å². The number of rotatable bonds is 5. The number of halogens is 1. The molecule has 6 heteroatoms. The lowest BCUT2D eigenvalue weighted by Gasteiger charge is -2.21. The average Bonchev–Trinajstić information content (AvgIpc) is 3.12. The third-order valence-corrected chi connectivity index (χ3v) is 4.85. The van der Waals surface area contributed by atoms with E-state index in [0.29, 0.717) is 10.9 Å². The maximum Gasteiger partial charge on any atom is 0.234 e. The first-order valence-corrected chi connectivity index (χ1v) is 9.36. The first kappa shape index (κ1) is 17.9. The second-order valence-electron chi connectivity index (χ2n) is 6.39. The standard InChI is InChI=1S/C21H21ClN2O3/c1-25-20-5-3-2-4-18(20)24-19(15-6-8-16(22)9-7-15)14-21(23-24)27-17-10-12-26-13-11-17/h2-9,14,17H,10-13H2,1H3. The van der Waals surface area contributed by atoms with Crippen LogP contribution in [0.2, 0.25) is 5.02 Å². The van der Waals surface area contributed by atoms with Gasteiger partial charge in [-0.15, -0.1) is 5.10 Å². The Morgan fingerprint density at radius 1 is 1.07 bits per heavy atom. The van der Waals surface area contributed by atoms with Gasteiger partial charge < -0.3 is 14.2 Å². The van der Waals surface area contributed by atoms with Gasteiger partial charge in [-0.05, 0) is 24.3 Å². The number of aromatic nitrogens is 2. The van der Waals surface area contributed by atoms with Gasteiger partial charge in [0.2, 0.25) is 5.88 Å². The molecule has 1 aromatic heterocycles. The highest BCUT2D eigenvalue weighted by molar-refractivity contribution is 6.30. The van der Waals surface area contributed by atoms with Crippen LogP contribution in [0.3, 0.4) is 0 Å². The number of nitrogens with zero attached hydrogens (tertiary/aromatic N) is 2. The van der Waals surface area contributed by atoms with E-state index in [-0.39, 0.29) is 6.10 Å². The normalized spacial score (nSPS) is 14.9. The second kappa shape index (κ2) is 8.03. The number of methoxy groups -OCH3 is 1. The van der Waals surface area contributed by atoms with Crippen LogP contribution in [0.1, 0.15) is 12.8 Å². The van der Waals surface area contributed by atoms with E-state index in [4.69, 9.17) is 30.9 Å². The van der Waals surface area contributed by atoms with Crippen LogP contribution in [0.25, 0.3) is 16.9 Å². The van der Waals surface area contributed by atoms with Gasteiger partial charge in [-0.1, -0.05) is 35.9 Å². The zero-order valence-electron chi connectivity index (χ0n) is 15.1. The molecule has 1 aliphatic rings. The molecule has 5 nitrogen and oxygen atoms in total. The fourth-order valence-corrected chi connectivity index (χ4v) is 3.32. The topological polar surface area (TPSA) is 45.5 Å². The lowest BCUT2D eigenvalue weighted by molar-refractivity contribution is 0.0236. The fourth-order valence-electron chi connectivity index (χ4n) is 3.20. The fraction of sp³-hybridized carbons (Fsp3) is 0.286. The summed E-state index contributed by atoms with van der Waals surface area (Å²) in [6.07, 6.45) is 1.87. The quantitative estimate of drug-likeness (QED) is 0.636. The number of hydrogen-bond donors (Lipinski definition) is 0. The van der Waals surface area contributed by atoms with Gasteiger partial charge in [-0.3, -0.25) is 0 Å². The third kappa shape index (κ3) is 3.94. The van der Waals surface area contributed by atoms with Crippen molar-refractivity contribution >= 4 is 11.6 Å². The molecular formula is C21H21ClN2O3. The second-order valence-corrected chi connectivity index (χ2v) is 6.82. The highest BCUT2D eigenvalue weighted by Crippen LogP contribution is 2.32. The monoisotopic (exact) mass is 384 g/mol. The van der Waals surface area contributed by atoms with Crippen LogP contribution in [0, 0.1) is 0 Å². The number of para-hydroxylation sites is 2. The van der Waals surface area contributed by atoms with E-state index in [9.17, 15) is 0 Å². The van der Waals surface area contributed by atoms with Crippen molar-refractivity contribution in [2.75, 3.05) is 20.3 Å². The smallest absolute Gasteiger partial charge is 0.234 e. The van der Waals surface area contributed by atoms with Gasteiger partial charge in [0.25, 0.3) is 0 Å². The number of ether oxygens (including phenoxy) is 3. The molecule has 0 spiro atoms. The summed E-state index contributed by atoms with van der Waals surface area (Å²) >= 11 is 6.06. The number of benzene rings is 2. The highest BCUT2D eigenvalue weighted by Gasteiger charge is 2.20. The molecule has 0 aliphatic carbocycles. The highest BCUT2D eigenvalue weighted by atomic mass is 35.5. The van der Waals surface area contributed by atoms with Crippen LogP contribution in [0.4, 0.5) is 0 Å². The van der Waals surface area contributed by atoms with Gasteiger partial charge in [0.05, 0.1) is 26.0 Å². The minimum atomic E-state index is 0.123. The van der Waals surface area contributed by atoms with E-state index in [1.54, 1.807) is 7.11 Å². The molecule has 4 rings (SSSR count). The van der Waals surface area contributed by atoms with Crippen LogP contribution in [0.15, 0.2) is 54.6 Å². The molecule has 1 saturated heterocycles. The van der Waals surface area contributed by atoms with Crippen molar-refractivity contribution in [1.82, 2.24) is 9.78 Å². The van der Waals surface area contributed by atoms with Gasteiger partial charge in [0.15, 0.2) is 0 Å². The van der Waals surface area contributed by atoms with Gasteiger partial charge in [0.1, 0.15) is 17.5 Å². The van der Waals surface area contributed by atoms with Gasteiger partial charge in [-0.25, -0.2) is 4.68 Å². The Morgan fingerprint density at radius 3 is 2.56 bits per heavy atom. The summed E-state index contributed by atoms with van der Waals surface area (Å²) in [5, 5.41) is 5.42. The summed E-state index contributed by atoms with van der Waals surface area (Å²) < 4.78 is 18.9. The molecule has 0 amide bonds. The molecule has 27 heavy (non-hydrogen) atoms. The van der Waals surface area contributed by atoms with Crippen LogP contribution in [-0.2, 0) is 4.74 Å². The summed E-state index contributed by atoms with van der Waals surface area (Å²) in [7, 11) is 1.66. The van der Waals surface area contributed by atoms with Crippen molar-refractivity contribution in [2.24, 2.45) is 0 Å². The Balaban J connectivity index is 1.76. The molecule has 0 saturated carbocycles. The van der Waals surface area contributed by atoms with Crippen LogP contribution in [-0.4, -0.2) is 36.2 Å². The lowest BCUT2D eigenvalue weighted by atomic mass is 10.1. The maximum atomic E-state index is 6.14. The Morgan fingerprint density at radius 2 is 1.81 bits per heavy atom. The maximum absolute atomic E-state index is 6.14. The molecule has 2 aromatic carbocycles. The van der Waals surface area contributed by atoms with Crippen molar-refractivity contribution in [3.8, 4) is 28.6 Å². The van der Waals surface area contributed by atoms with E-state index in [0.717, 1.165) is 48.7 Å². The van der Waals surface area contributed by atoms with E-state index in [1.807, 2.05) is 59.3 Å². The van der Waals surface area contributed by atoms with Crippen LogP contribution in [0.5, 0.6) is 11.6 Å². The molecule has 2 heterocycles. The molecule has 0 N–H and O–H groups in total. The van der Waals surface area contributed by atoms with Crippen molar-refractivity contribution in [2.45, 2.75) is 18.9 Å². The first-order chi connectivity index (χ1) is 13.2. The zero-order chi connectivity index (χ0) is 18.6. The molecule has 0 bridgehead atoms.